The highest BCUT2D eigenvalue weighted by molar-refractivity contribution is 6.03. The molecule has 6 heteroatoms. The van der Waals surface area contributed by atoms with Crippen LogP contribution < -0.4 is 5.32 Å². The first kappa shape index (κ1) is 13.0. The summed E-state index contributed by atoms with van der Waals surface area (Å²) in [4.78, 5) is 24.0. The highest BCUT2D eigenvalue weighted by atomic mass is 16.1. The molecule has 0 radical (unpaired) electrons. The quantitative estimate of drug-likeness (QED) is 0.798. The maximum Gasteiger partial charge on any atom is 0.274 e. The third-order valence-corrected chi connectivity index (χ3v) is 3.00. The Morgan fingerprint density at radius 3 is 2.81 bits per heavy atom. The normalized spacial score (nSPS) is 10.3. The van der Waals surface area contributed by atoms with Crippen LogP contribution in [0.25, 0.3) is 5.69 Å². The van der Waals surface area contributed by atoms with Gasteiger partial charge in [0.25, 0.3) is 5.91 Å². The first-order valence-electron chi connectivity index (χ1n) is 6.40. The van der Waals surface area contributed by atoms with Gasteiger partial charge in [0.15, 0.2) is 0 Å². The van der Waals surface area contributed by atoms with E-state index in [0.29, 0.717) is 11.4 Å². The Balaban J connectivity index is 1.94. The fourth-order valence-electron chi connectivity index (χ4n) is 1.97. The van der Waals surface area contributed by atoms with Crippen LogP contribution in [0, 0.1) is 6.92 Å². The molecule has 0 spiro atoms. The van der Waals surface area contributed by atoms with E-state index in [-0.39, 0.29) is 5.91 Å². The van der Waals surface area contributed by atoms with Crippen LogP contribution in [0.2, 0.25) is 0 Å². The van der Waals surface area contributed by atoms with Gasteiger partial charge in [-0.1, -0.05) is 6.07 Å². The van der Waals surface area contributed by atoms with Crippen molar-refractivity contribution >= 4 is 11.6 Å². The predicted octanol–water partition coefficient (Wildman–Crippen LogP) is 2.22. The number of amides is 1. The second-order valence-electron chi connectivity index (χ2n) is 4.54. The second-order valence-corrected chi connectivity index (χ2v) is 4.54. The second kappa shape index (κ2) is 5.54. The van der Waals surface area contributed by atoms with Gasteiger partial charge >= 0.3 is 0 Å². The van der Waals surface area contributed by atoms with Crippen molar-refractivity contribution in [1.82, 2.24) is 19.5 Å². The van der Waals surface area contributed by atoms with Crippen LogP contribution in [0.5, 0.6) is 0 Å². The summed E-state index contributed by atoms with van der Waals surface area (Å²) in [5.74, 6) is -0.275. The number of nitrogens with one attached hydrogen (secondary N) is 1. The molecular weight excluding hydrogens is 266 g/mol. The average Bonchev–Trinajstić information content (AvgIpc) is 3.04. The summed E-state index contributed by atoms with van der Waals surface area (Å²) in [6.07, 6.45) is 8.09. The third kappa shape index (κ3) is 2.79. The maximum atomic E-state index is 12.2. The molecule has 3 rings (SSSR count). The van der Waals surface area contributed by atoms with Crippen LogP contribution in [0.1, 0.15) is 16.1 Å². The van der Waals surface area contributed by atoms with Crippen molar-refractivity contribution in [3.05, 3.63) is 66.8 Å². The highest BCUT2D eigenvalue weighted by Crippen LogP contribution is 2.22. The molecule has 0 unspecified atom stereocenters. The Labute approximate surface area is 121 Å². The molecule has 0 aliphatic rings. The molecule has 0 atom stereocenters. The van der Waals surface area contributed by atoms with Gasteiger partial charge in [-0.2, -0.15) is 0 Å². The van der Waals surface area contributed by atoms with Crippen molar-refractivity contribution in [3.63, 3.8) is 0 Å². The van der Waals surface area contributed by atoms with E-state index in [4.69, 9.17) is 0 Å². The van der Waals surface area contributed by atoms with Crippen LogP contribution >= 0.6 is 0 Å². The molecule has 21 heavy (non-hydrogen) atoms. The van der Waals surface area contributed by atoms with Crippen LogP contribution in [0.3, 0.4) is 0 Å². The van der Waals surface area contributed by atoms with E-state index >= 15 is 0 Å². The summed E-state index contributed by atoms with van der Waals surface area (Å²) in [6.45, 7) is 2.00. The molecule has 0 saturated carbocycles. The van der Waals surface area contributed by atoms with Crippen molar-refractivity contribution < 1.29 is 4.79 Å². The van der Waals surface area contributed by atoms with Gasteiger partial charge in [-0.3, -0.25) is 4.79 Å². The van der Waals surface area contributed by atoms with Gasteiger partial charge in [-0.05, 0) is 30.7 Å². The molecule has 0 bridgehead atoms. The standard InChI is InChI=1S/C15H13N5O/c1-11-2-3-12(14(8-11)20-7-6-17-10-20)19-15(21)13-4-5-16-9-18-13/h2-10H,1H3,(H,19,21). The largest absolute Gasteiger partial charge is 0.319 e. The number of imidazole rings is 1. The maximum absolute atomic E-state index is 12.2. The summed E-state index contributed by atoms with van der Waals surface area (Å²) in [6, 6.07) is 7.36. The summed E-state index contributed by atoms with van der Waals surface area (Å²) in [7, 11) is 0. The minimum Gasteiger partial charge on any atom is -0.319 e. The zero-order chi connectivity index (χ0) is 14.7. The molecule has 1 amide bonds. The Bertz CT molecular complexity index is 753. The fourth-order valence-corrected chi connectivity index (χ4v) is 1.97. The Morgan fingerprint density at radius 2 is 2.10 bits per heavy atom. The van der Waals surface area contributed by atoms with Gasteiger partial charge in [0.1, 0.15) is 12.0 Å². The first-order chi connectivity index (χ1) is 10.2. The number of hydrogen-bond donors (Lipinski definition) is 1. The predicted molar refractivity (Wildman–Crippen MR) is 78.3 cm³/mol. The molecule has 2 heterocycles. The highest BCUT2D eigenvalue weighted by Gasteiger charge is 2.11. The van der Waals surface area contributed by atoms with Crippen molar-refractivity contribution in [2.45, 2.75) is 6.92 Å². The zero-order valence-electron chi connectivity index (χ0n) is 11.4. The minimum absolute atomic E-state index is 0.275. The number of rotatable bonds is 3. The molecule has 2 aromatic heterocycles. The van der Waals surface area contributed by atoms with Crippen molar-refractivity contribution in [1.29, 1.82) is 0 Å². The lowest BCUT2D eigenvalue weighted by Gasteiger charge is -2.12. The lowest BCUT2D eigenvalue weighted by Crippen LogP contribution is -2.15. The summed E-state index contributed by atoms with van der Waals surface area (Å²) in [5.41, 5.74) is 2.97. The van der Waals surface area contributed by atoms with E-state index in [1.54, 1.807) is 18.6 Å². The molecule has 0 fully saturated rings. The van der Waals surface area contributed by atoms with E-state index in [0.717, 1.165) is 11.3 Å². The fraction of sp³-hybridized carbons (Fsp3) is 0.0667. The number of aryl methyl sites for hydroxylation is 1. The molecule has 1 N–H and O–H groups in total. The average molecular weight is 279 g/mol. The molecule has 0 aliphatic heterocycles. The van der Waals surface area contributed by atoms with Crippen LogP contribution in [-0.2, 0) is 0 Å². The number of carbonyl (C=O) groups is 1. The molecule has 3 aromatic rings. The monoisotopic (exact) mass is 279 g/mol. The zero-order valence-corrected chi connectivity index (χ0v) is 11.4. The van der Waals surface area contributed by atoms with Crippen LogP contribution in [-0.4, -0.2) is 25.4 Å². The molecule has 0 aliphatic carbocycles. The van der Waals surface area contributed by atoms with Crippen molar-refractivity contribution in [2.24, 2.45) is 0 Å². The number of benzene rings is 1. The Kier molecular flexibility index (Phi) is 3.42. The first-order valence-corrected chi connectivity index (χ1v) is 6.40. The smallest absolute Gasteiger partial charge is 0.274 e. The van der Waals surface area contributed by atoms with Crippen molar-refractivity contribution in [3.8, 4) is 5.69 Å². The van der Waals surface area contributed by atoms with Gasteiger partial charge in [0, 0.05) is 18.6 Å². The van der Waals surface area contributed by atoms with E-state index in [1.807, 2.05) is 35.9 Å². The van der Waals surface area contributed by atoms with Crippen LogP contribution in [0.15, 0.2) is 55.5 Å². The molecule has 1 aromatic carbocycles. The minimum atomic E-state index is -0.275. The van der Waals surface area contributed by atoms with E-state index in [9.17, 15) is 4.79 Å². The van der Waals surface area contributed by atoms with Crippen molar-refractivity contribution in [2.75, 3.05) is 5.32 Å². The summed E-state index contributed by atoms with van der Waals surface area (Å²) in [5, 5.41) is 2.86. The number of aromatic nitrogens is 4. The number of nitrogens with zero attached hydrogens (tertiary/aromatic N) is 4. The van der Waals surface area contributed by atoms with Gasteiger partial charge in [0.2, 0.25) is 0 Å². The van der Waals surface area contributed by atoms with Gasteiger partial charge in [-0.15, -0.1) is 0 Å². The number of hydrogen-bond acceptors (Lipinski definition) is 4. The SMILES string of the molecule is Cc1ccc(NC(=O)c2ccncn2)c(-n2ccnc2)c1. The van der Waals surface area contributed by atoms with Crippen LogP contribution in [0.4, 0.5) is 5.69 Å². The van der Waals surface area contributed by atoms with Gasteiger partial charge < -0.3 is 9.88 Å². The lowest BCUT2D eigenvalue weighted by molar-refractivity contribution is 0.102. The van der Waals surface area contributed by atoms with E-state index in [2.05, 4.69) is 20.3 Å². The third-order valence-electron chi connectivity index (χ3n) is 3.00. The molecule has 0 saturated heterocycles. The topological polar surface area (TPSA) is 72.7 Å². The van der Waals surface area contributed by atoms with E-state index in [1.165, 1.54) is 12.5 Å². The summed E-state index contributed by atoms with van der Waals surface area (Å²) >= 11 is 0. The Hall–Kier alpha value is -3.02. The molecular formula is C15H13N5O. The van der Waals surface area contributed by atoms with E-state index < -0.39 is 0 Å². The lowest BCUT2D eigenvalue weighted by atomic mass is 10.2. The molecule has 6 nitrogen and oxygen atoms in total. The number of carbonyl (C=O) groups excluding carboxylic acids is 1. The molecule has 104 valence electrons. The number of anilines is 1. The van der Waals surface area contributed by atoms with Gasteiger partial charge in [0.05, 0.1) is 17.7 Å². The van der Waals surface area contributed by atoms with Gasteiger partial charge in [-0.25, -0.2) is 15.0 Å². The summed E-state index contributed by atoms with van der Waals surface area (Å²) < 4.78 is 1.85. The Morgan fingerprint density at radius 1 is 1.19 bits per heavy atom.